The molecule has 1 saturated heterocycles. The highest BCUT2D eigenvalue weighted by molar-refractivity contribution is 5.89. The van der Waals surface area contributed by atoms with Crippen molar-refractivity contribution in [2.75, 3.05) is 6.54 Å². The largest absolute Gasteiger partial charge is 0.467 e. The van der Waals surface area contributed by atoms with E-state index in [1.165, 1.54) is 0 Å². The molecule has 0 aliphatic carbocycles. The number of nitrogens with zero attached hydrogens (tertiary/aromatic N) is 3. The number of fused-ring (bicyclic) bond motifs is 1. The molecule has 7 heteroatoms. The van der Waals surface area contributed by atoms with Crippen molar-refractivity contribution in [1.29, 1.82) is 0 Å². The molecule has 4 heterocycles. The van der Waals surface area contributed by atoms with Gasteiger partial charge in [0.15, 0.2) is 0 Å². The van der Waals surface area contributed by atoms with E-state index in [-0.39, 0.29) is 30.2 Å². The molecular formula is C18H22N4O3. The maximum Gasteiger partial charge on any atom is 0.225 e. The lowest BCUT2D eigenvalue weighted by Gasteiger charge is -2.25. The van der Waals surface area contributed by atoms with Crippen LogP contribution in [0.15, 0.2) is 29.0 Å². The van der Waals surface area contributed by atoms with Crippen LogP contribution in [0.1, 0.15) is 30.1 Å². The summed E-state index contributed by atoms with van der Waals surface area (Å²) in [5, 5.41) is 3.12. The predicted molar refractivity (Wildman–Crippen MR) is 89.4 cm³/mol. The highest BCUT2D eigenvalue weighted by Gasteiger charge is 2.35. The summed E-state index contributed by atoms with van der Waals surface area (Å²) in [6.07, 6.45) is 5.65. The molecule has 7 nitrogen and oxygen atoms in total. The van der Waals surface area contributed by atoms with Crippen molar-refractivity contribution in [3.8, 4) is 0 Å². The summed E-state index contributed by atoms with van der Waals surface area (Å²) in [4.78, 5) is 30.9. The molecule has 4 rings (SSSR count). The smallest absolute Gasteiger partial charge is 0.225 e. The average molecular weight is 342 g/mol. The molecule has 0 spiro atoms. The van der Waals surface area contributed by atoms with Crippen LogP contribution < -0.4 is 5.32 Å². The lowest BCUT2D eigenvalue weighted by molar-refractivity contribution is -0.129. The predicted octanol–water partition coefficient (Wildman–Crippen LogP) is 1.26. The molecule has 2 aromatic rings. The van der Waals surface area contributed by atoms with E-state index in [1.54, 1.807) is 17.2 Å². The van der Waals surface area contributed by atoms with Crippen molar-refractivity contribution in [3.63, 3.8) is 0 Å². The number of likely N-dealkylation sites (tertiary alicyclic amines) is 1. The van der Waals surface area contributed by atoms with Crippen molar-refractivity contribution in [2.24, 2.45) is 5.92 Å². The molecule has 0 saturated carbocycles. The van der Waals surface area contributed by atoms with Gasteiger partial charge in [0.1, 0.15) is 11.6 Å². The topological polar surface area (TPSA) is 80.4 Å². The van der Waals surface area contributed by atoms with Crippen LogP contribution in [0.4, 0.5) is 0 Å². The van der Waals surface area contributed by atoms with Crippen LogP contribution in [-0.4, -0.2) is 38.9 Å². The van der Waals surface area contributed by atoms with Gasteiger partial charge in [-0.3, -0.25) is 9.59 Å². The molecule has 0 aromatic carbocycles. The number of hydrogen-bond donors (Lipinski definition) is 1. The van der Waals surface area contributed by atoms with Gasteiger partial charge in [0.05, 0.1) is 24.4 Å². The molecule has 0 bridgehead atoms. The number of rotatable bonds is 4. The number of amides is 2. The van der Waals surface area contributed by atoms with Crippen molar-refractivity contribution in [1.82, 2.24) is 19.8 Å². The monoisotopic (exact) mass is 342 g/mol. The minimum absolute atomic E-state index is 0.00714. The lowest BCUT2D eigenvalue weighted by Crippen LogP contribution is -2.44. The first-order valence-electron chi connectivity index (χ1n) is 8.71. The summed E-state index contributed by atoms with van der Waals surface area (Å²) in [6.45, 7) is 3.61. The van der Waals surface area contributed by atoms with Crippen LogP contribution in [0.3, 0.4) is 0 Å². The average Bonchev–Trinajstić information content (AvgIpc) is 3.28. The Morgan fingerprint density at radius 3 is 3.12 bits per heavy atom. The highest BCUT2D eigenvalue weighted by atomic mass is 16.3. The molecule has 0 radical (unpaired) electrons. The number of imidazole rings is 1. The van der Waals surface area contributed by atoms with E-state index in [4.69, 9.17) is 4.42 Å². The van der Waals surface area contributed by atoms with Crippen molar-refractivity contribution >= 4 is 11.8 Å². The minimum Gasteiger partial charge on any atom is -0.467 e. The molecule has 1 N–H and O–H groups in total. The first kappa shape index (κ1) is 15.9. The van der Waals surface area contributed by atoms with Gasteiger partial charge in [0.2, 0.25) is 11.8 Å². The maximum absolute atomic E-state index is 12.6. The van der Waals surface area contributed by atoms with E-state index in [0.29, 0.717) is 13.1 Å². The number of carbonyl (C=O) groups is 2. The maximum atomic E-state index is 12.6. The number of hydrogen-bond acceptors (Lipinski definition) is 4. The van der Waals surface area contributed by atoms with Gasteiger partial charge in [-0.15, -0.1) is 0 Å². The number of carbonyl (C=O) groups excluding carboxylic acids is 2. The third-order valence-electron chi connectivity index (χ3n) is 4.97. The van der Waals surface area contributed by atoms with Gasteiger partial charge in [0.25, 0.3) is 0 Å². The lowest BCUT2D eigenvalue weighted by atomic mass is 10.0. The van der Waals surface area contributed by atoms with E-state index in [1.807, 2.05) is 19.2 Å². The zero-order chi connectivity index (χ0) is 17.4. The third-order valence-corrected chi connectivity index (χ3v) is 4.97. The first-order valence-corrected chi connectivity index (χ1v) is 8.71. The molecule has 25 heavy (non-hydrogen) atoms. The molecule has 2 aliphatic heterocycles. The van der Waals surface area contributed by atoms with Gasteiger partial charge in [-0.2, -0.15) is 0 Å². The number of aryl methyl sites for hydroxylation is 2. The second-order valence-electron chi connectivity index (χ2n) is 6.95. The van der Waals surface area contributed by atoms with Crippen molar-refractivity contribution < 1.29 is 14.0 Å². The van der Waals surface area contributed by atoms with Crippen LogP contribution in [0.25, 0.3) is 0 Å². The second-order valence-corrected chi connectivity index (χ2v) is 6.95. The summed E-state index contributed by atoms with van der Waals surface area (Å²) in [5.41, 5.74) is 1.01. The summed E-state index contributed by atoms with van der Waals surface area (Å²) >= 11 is 0. The molecule has 2 aromatic heterocycles. The molecule has 1 fully saturated rings. The quantitative estimate of drug-likeness (QED) is 0.907. The van der Waals surface area contributed by atoms with Gasteiger partial charge in [0, 0.05) is 38.2 Å². The Hall–Kier alpha value is -2.57. The number of aromatic nitrogens is 2. The molecule has 2 amide bonds. The Bertz CT molecular complexity index is 780. The SMILES string of the molecule is Cc1cn2c(n1)CC[C@@H](NC(=O)[C@H]1CC(=O)N(Cc3ccco3)C1)C2. The van der Waals surface area contributed by atoms with E-state index in [9.17, 15) is 9.59 Å². The van der Waals surface area contributed by atoms with E-state index < -0.39 is 0 Å². The van der Waals surface area contributed by atoms with E-state index >= 15 is 0 Å². The van der Waals surface area contributed by atoms with Crippen LogP contribution in [0, 0.1) is 12.8 Å². The Morgan fingerprint density at radius 1 is 1.44 bits per heavy atom. The van der Waals surface area contributed by atoms with Crippen LogP contribution >= 0.6 is 0 Å². The zero-order valence-corrected chi connectivity index (χ0v) is 14.3. The van der Waals surface area contributed by atoms with Gasteiger partial charge in [-0.1, -0.05) is 0 Å². The summed E-state index contributed by atoms with van der Waals surface area (Å²) in [5.74, 6) is 1.52. The van der Waals surface area contributed by atoms with E-state index in [2.05, 4.69) is 14.9 Å². The summed E-state index contributed by atoms with van der Waals surface area (Å²) < 4.78 is 7.41. The molecule has 2 aliphatic rings. The molecule has 2 atom stereocenters. The standard InChI is InChI=1S/C18H22N4O3/c1-12-8-21-10-14(4-5-16(21)19-12)20-18(24)13-7-17(23)22(9-13)11-15-3-2-6-25-15/h2-3,6,8,13-14H,4-5,7,9-11H2,1H3,(H,20,24)/t13-,14+/m0/s1. The van der Waals surface area contributed by atoms with Crippen LogP contribution in [-0.2, 0) is 29.1 Å². The minimum atomic E-state index is -0.284. The van der Waals surface area contributed by atoms with Crippen LogP contribution in [0.2, 0.25) is 0 Å². The van der Waals surface area contributed by atoms with Gasteiger partial charge in [-0.05, 0) is 25.5 Å². The molecule has 0 unspecified atom stereocenters. The Morgan fingerprint density at radius 2 is 2.32 bits per heavy atom. The fraction of sp³-hybridized carbons (Fsp3) is 0.500. The number of nitrogens with one attached hydrogen (secondary N) is 1. The first-order chi connectivity index (χ1) is 12.1. The van der Waals surface area contributed by atoms with Crippen molar-refractivity contribution in [3.05, 3.63) is 41.9 Å². The Labute approximate surface area is 146 Å². The Kier molecular flexibility index (Phi) is 4.07. The van der Waals surface area contributed by atoms with Gasteiger partial charge in [-0.25, -0.2) is 4.98 Å². The van der Waals surface area contributed by atoms with E-state index in [0.717, 1.165) is 36.7 Å². The zero-order valence-electron chi connectivity index (χ0n) is 14.3. The number of furan rings is 1. The van der Waals surface area contributed by atoms with Crippen molar-refractivity contribution in [2.45, 2.75) is 45.3 Å². The van der Waals surface area contributed by atoms with Gasteiger partial charge >= 0.3 is 0 Å². The summed E-state index contributed by atoms with van der Waals surface area (Å²) in [6, 6.07) is 3.74. The summed E-state index contributed by atoms with van der Waals surface area (Å²) in [7, 11) is 0. The Balaban J connectivity index is 1.33. The van der Waals surface area contributed by atoms with Crippen LogP contribution in [0.5, 0.6) is 0 Å². The third kappa shape index (κ3) is 3.31. The van der Waals surface area contributed by atoms with Gasteiger partial charge < -0.3 is 19.2 Å². The normalized spacial score (nSPS) is 22.9. The second kappa shape index (κ2) is 6.38. The molecular weight excluding hydrogens is 320 g/mol. The molecule has 132 valence electrons. The fourth-order valence-electron chi connectivity index (χ4n) is 3.71. The highest BCUT2D eigenvalue weighted by Crippen LogP contribution is 2.22. The fourth-order valence-corrected chi connectivity index (χ4v) is 3.71.